The van der Waals surface area contributed by atoms with Crippen molar-refractivity contribution in [2.24, 2.45) is 0 Å². The van der Waals surface area contributed by atoms with Crippen LogP contribution in [0.25, 0.3) is 33.5 Å². The minimum atomic E-state index is -0.640. The molecule has 10 heteroatoms. The molecule has 2 aromatic carbocycles. The maximum absolute atomic E-state index is 14.2. The minimum Gasteiger partial charge on any atom is -0.505 e. The maximum atomic E-state index is 14.2. The van der Waals surface area contributed by atoms with Gasteiger partial charge in [-0.05, 0) is 74.4 Å². The third kappa shape index (κ3) is 4.54. The van der Waals surface area contributed by atoms with Gasteiger partial charge in [-0.1, -0.05) is 19.9 Å². The third-order valence-corrected chi connectivity index (χ3v) is 8.60. The first-order valence-corrected chi connectivity index (χ1v) is 14.0. The summed E-state index contributed by atoms with van der Waals surface area (Å²) in [4.78, 5) is 28.4. The number of likely N-dealkylation sites (tertiary alicyclic amines) is 1. The number of H-pyrrole nitrogens is 2. The van der Waals surface area contributed by atoms with E-state index in [1.165, 1.54) is 12.1 Å². The molecule has 2 aliphatic heterocycles. The predicted octanol–water partition coefficient (Wildman–Crippen LogP) is 3.94. The van der Waals surface area contributed by atoms with E-state index in [1.807, 2.05) is 30.0 Å². The number of likely N-dealkylation sites (N-methyl/N-ethyl adjacent to an activating group) is 2. The summed E-state index contributed by atoms with van der Waals surface area (Å²) < 4.78 is 14.2. The fraction of sp³-hybridized carbons (Fsp3) is 0.433. The number of aromatic amines is 2. The Kier molecular flexibility index (Phi) is 6.83. The number of nitrogens with one attached hydrogen (secondary N) is 2. The van der Waals surface area contributed by atoms with Crippen molar-refractivity contribution >= 4 is 16.8 Å². The zero-order valence-electron chi connectivity index (χ0n) is 23.5. The van der Waals surface area contributed by atoms with Crippen molar-refractivity contribution in [1.29, 1.82) is 0 Å². The number of phenolic OH excluding ortho intramolecular Hbond substituents is 1. The summed E-state index contributed by atoms with van der Waals surface area (Å²) >= 11 is 0. The molecule has 0 aliphatic carbocycles. The fourth-order valence-electron chi connectivity index (χ4n) is 6.17. The number of amides is 1. The van der Waals surface area contributed by atoms with E-state index in [4.69, 9.17) is 4.98 Å². The first kappa shape index (κ1) is 26.5. The quantitative estimate of drug-likeness (QED) is 0.339. The lowest BCUT2D eigenvalue weighted by Gasteiger charge is -2.35. The normalized spacial score (nSPS) is 19.6. The molecule has 2 aromatic heterocycles. The van der Waals surface area contributed by atoms with E-state index in [2.05, 4.69) is 46.0 Å². The van der Waals surface area contributed by atoms with Crippen LogP contribution in [0.2, 0.25) is 0 Å². The molecule has 2 aliphatic rings. The molecule has 9 nitrogen and oxygen atoms in total. The summed E-state index contributed by atoms with van der Waals surface area (Å²) in [7, 11) is 4.15. The summed E-state index contributed by atoms with van der Waals surface area (Å²) in [6, 6.07) is 8.92. The number of aromatic nitrogens is 4. The second-order valence-corrected chi connectivity index (χ2v) is 11.1. The number of aromatic hydroxyl groups is 1. The number of benzene rings is 2. The monoisotopic (exact) mass is 545 g/mol. The molecule has 0 bridgehead atoms. The highest BCUT2D eigenvalue weighted by molar-refractivity contribution is 5.94. The van der Waals surface area contributed by atoms with Crippen molar-refractivity contribution in [3.05, 3.63) is 53.1 Å². The van der Waals surface area contributed by atoms with Crippen LogP contribution in [-0.4, -0.2) is 91.7 Å². The van der Waals surface area contributed by atoms with Gasteiger partial charge in [0.25, 0.3) is 0 Å². The van der Waals surface area contributed by atoms with Crippen molar-refractivity contribution in [3.8, 4) is 28.4 Å². The van der Waals surface area contributed by atoms with Crippen LogP contribution in [0.4, 0.5) is 4.39 Å². The van der Waals surface area contributed by atoms with Gasteiger partial charge < -0.3 is 19.9 Å². The van der Waals surface area contributed by atoms with Crippen LogP contribution in [0, 0.1) is 5.82 Å². The summed E-state index contributed by atoms with van der Waals surface area (Å²) in [6.07, 6.45) is 2.24. The zero-order valence-corrected chi connectivity index (χ0v) is 23.5. The number of nitrogens with zero attached hydrogens (tertiary/aromatic N) is 5. The number of imidazole rings is 1. The molecule has 210 valence electrons. The minimum absolute atomic E-state index is 0.191. The second kappa shape index (κ2) is 10.3. The average Bonchev–Trinajstić information content (AvgIpc) is 3.70. The highest BCUT2D eigenvalue weighted by atomic mass is 19.1. The Balaban J connectivity index is 1.28. The van der Waals surface area contributed by atoms with E-state index in [1.54, 1.807) is 0 Å². The summed E-state index contributed by atoms with van der Waals surface area (Å²) in [6.45, 7) is 7.06. The van der Waals surface area contributed by atoms with Gasteiger partial charge in [-0.2, -0.15) is 5.10 Å². The molecular weight excluding hydrogens is 509 g/mol. The topological polar surface area (TPSA) is 104 Å². The molecule has 1 amide bonds. The number of rotatable bonds is 6. The van der Waals surface area contributed by atoms with Crippen LogP contribution in [0.5, 0.6) is 5.75 Å². The van der Waals surface area contributed by atoms with Crippen molar-refractivity contribution in [3.63, 3.8) is 0 Å². The number of carbonyl (C=O) groups excluding carboxylic acids is 1. The van der Waals surface area contributed by atoms with Crippen molar-refractivity contribution in [2.45, 2.75) is 51.7 Å². The van der Waals surface area contributed by atoms with Crippen molar-refractivity contribution in [1.82, 2.24) is 34.9 Å². The molecule has 2 atom stereocenters. The summed E-state index contributed by atoms with van der Waals surface area (Å²) in [5, 5.41) is 18.4. The van der Waals surface area contributed by atoms with E-state index >= 15 is 0 Å². The van der Waals surface area contributed by atoms with Crippen LogP contribution in [0.15, 0.2) is 30.3 Å². The van der Waals surface area contributed by atoms with Gasteiger partial charge in [0.05, 0.1) is 22.9 Å². The van der Waals surface area contributed by atoms with Crippen LogP contribution < -0.4 is 0 Å². The van der Waals surface area contributed by atoms with Gasteiger partial charge in [-0.15, -0.1) is 0 Å². The first-order valence-electron chi connectivity index (χ1n) is 14.0. The van der Waals surface area contributed by atoms with Gasteiger partial charge in [-0.25, -0.2) is 9.37 Å². The van der Waals surface area contributed by atoms with Crippen LogP contribution >= 0.6 is 0 Å². The number of fused-ring (bicyclic) bond motifs is 2. The number of halogens is 1. The Morgan fingerprint density at radius 1 is 1.23 bits per heavy atom. The lowest BCUT2D eigenvalue weighted by molar-refractivity contribution is -0.136. The Bertz CT molecular complexity index is 1580. The molecule has 4 heterocycles. The standard InChI is InChI=1S/C30H36FN7O2/c1-5-17-12-27(39)22(31)13-21(17)18-7-8-20-23(11-18)34-35-28(20)29-32-24-14-26(37(6-2)16-25(24)33-29)30(40)38-10-9-19(15-38)36(3)4/h7-8,11-13,19,26,39H,5-6,9-10,14-16H2,1-4H3,(H,32,33)(H,34,35). The first-order chi connectivity index (χ1) is 19.3. The van der Waals surface area contributed by atoms with Crippen molar-refractivity contribution in [2.75, 3.05) is 33.7 Å². The van der Waals surface area contributed by atoms with Crippen LogP contribution in [0.3, 0.4) is 0 Å². The molecule has 4 aromatic rings. The molecule has 1 saturated heterocycles. The lowest BCUT2D eigenvalue weighted by atomic mass is 9.96. The van der Waals surface area contributed by atoms with Gasteiger partial charge in [0, 0.05) is 37.5 Å². The highest BCUT2D eigenvalue weighted by Gasteiger charge is 2.38. The van der Waals surface area contributed by atoms with Gasteiger partial charge >= 0.3 is 0 Å². The molecule has 0 spiro atoms. The fourth-order valence-corrected chi connectivity index (χ4v) is 6.17. The van der Waals surface area contributed by atoms with Gasteiger partial charge in [0.1, 0.15) is 5.69 Å². The second-order valence-electron chi connectivity index (χ2n) is 11.1. The van der Waals surface area contributed by atoms with E-state index in [9.17, 15) is 14.3 Å². The van der Waals surface area contributed by atoms with Gasteiger partial charge in [0.2, 0.25) is 5.91 Å². The molecule has 0 radical (unpaired) electrons. The predicted molar refractivity (Wildman–Crippen MR) is 152 cm³/mol. The third-order valence-electron chi connectivity index (χ3n) is 8.60. The number of phenols is 1. The van der Waals surface area contributed by atoms with E-state index < -0.39 is 5.82 Å². The van der Waals surface area contributed by atoms with E-state index in [0.29, 0.717) is 36.9 Å². The van der Waals surface area contributed by atoms with E-state index in [0.717, 1.165) is 65.0 Å². The molecule has 40 heavy (non-hydrogen) atoms. The zero-order chi connectivity index (χ0) is 28.1. The lowest BCUT2D eigenvalue weighted by Crippen LogP contribution is -2.51. The molecule has 6 rings (SSSR count). The Hall–Kier alpha value is -3.76. The SMILES string of the molecule is CCc1cc(O)c(F)cc1-c1ccc2c(-c3nc4c([nH]3)CN(CC)C(C(=O)N3CCC(N(C)C)C3)C4)n[nH]c2c1. The molecule has 0 saturated carbocycles. The molecule has 1 fully saturated rings. The van der Waals surface area contributed by atoms with Gasteiger partial charge in [0.15, 0.2) is 17.4 Å². The summed E-state index contributed by atoms with van der Waals surface area (Å²) in [5.74, 6) is -0.113. The number of hydrogen-bond donors (Lipinski definition) is 3. The van der Waals surface area contributed by atoms with Crippen molar-refractivity contribution < 1.29 is 14.3 Å². The molecule has 2 unspecified atom stereocenters. The van der Waals surface area contributed by atoms with Crippen LogP contribution in [-0.2, 0) is 24.2 Å². The Morgan fingerprint density at radius 2 is 2.05 bits per heavy atom. The molecule has 3 N–H and O–H groups in total. The maximum Gasteiger partial charge on any atom is 0.240 e. The van der Waals surface area contributed by atoms with Crippen LogP contribution in [0.1, 0.15) is 37.2 Å². The number of carbonyl (C=O) groups is 1. The largest absolute Gasteiger partial charge is 0.505 e. The van der Waals surface area contributed by atoms with E-state index in [-0.39, 0.29) is 17.7 Å². The van der Waals surface area contributed by atoms with Gasteiger partial charge in [-0.3, -0.25) is 14.8 Å². The summed E-state index contributed by atoms with van der Waals surface area (Å²) in [5.41, 5.74) is 5.92. The molecular formula is C30H36FN7O2. The smallest absolute Gasteiger partial charge is 0.240 e. The number of hydrogen-bond acceptors (Lipinski definition) is 6. The highest BCUT2D eigenvalue weighted by Crippen LogP contribution is 2.34. The Morgan fingerprint density at radius 3 is 2.77 bits per heavy atom. The number of aryl methyl sites for hydroxylation is 1. The average molecular weight is 546 g/mol. The Labute approximate surface area is 233 Å².